The molecule has 0 bridgehead atoms. The number of anilines is 1. The molecule has 2 heterocycles. The summed E-state index contributed by atoms with van der Waals surface area (Å²) in [5, 5.41) is 13.5. The fourth-order valence-corrected chi connectivity index (χ4v) is 2.83. The molecule has 132 valence electrons. The molecule has 0 spiro atoms. The van der Waals surface area contributed by atoms with Crippen LogP contribution in [0.1, 0.15) is 29.2 Å². The van der Waals surface area contributed by atoms with Crippen LogP contribution in [0.3, 0.4) is 0 Å². The number of methoxy groups -OCH3 is 1. The van der Waals surface area contributed by atoms with Gasteiger partial charge < -0.3 is 14.5 Å². The lowest BCUT2D eigenvalue weighted by Gasteiger charge is -2.12. The van der Waals surface area contributed by atoms with Crippen molar-refractivity contribution in [3.63, 3.8) is 0 Å². The van der Waals surface area contributed by atoms with E-state index in [1.165, 1.54) is 38.2 Å². The van der Waals surface area contributed by atoms with E-state index in [1.807, 2.05) is 0 Å². The zero-order valence-corrected chi connectivity index (χ0v) is 13.9. The molecule has 8 nitrogen and oxygen atoms in total. The first kappa shape index (κ1) is 17.0. The van der Waals surface area contributed by atoms with E-state index < -0.39 is 10.8 Å². The molecule has 0 atom stereocenters. The Morgan fingerprint density at radius 3 is 2.76 bits per heavy atom. The molecule has 1 amide bonds. The van der Waals surface area contributed by atoms with Crippen LogP contribution in [0.2, 0.25) is 0 Å². The predicted octanol–water partition coefficient (Wildman–Crippen LogP) is 3.04. The zero-order valence-electron chi connectivity index (χ0n) is 13.9. The van der Waals surface area contributed by atoms with Crippen LogP contribution < -0.4 is 10.1 Å². The Morgan fingerprint density at radius 2 is 2.08 bits per heavy atom. The largest absolute Gasteiger partial charge is 0.494 e. The molecule has 1 aromatic carbocycles. The molecule has 2 aromatic rings. The van der Waals surface area contributed by atoms with Crippen LogP contribution >= 0.6 is 0 Å². The number of nitrogens with one attached hydrogen (secondary N) is 1. The smallest absolute Gasteiger partial charge is 0.291 e. The maximum absolute atomic E-state index is 12.3. The summed E-state index contributed by atoms with van der Waals surface area (Å²) >= 11 is 0. The monoisotopic (exact) mass is 345 g/mol. The fourth-order valence-electron chi connectivity index (χ4n) is 2.83. The molecule has 8 heteroatoms. The Hall–Kier alpha value is -2.87. The molecule has 1 aliphatic rings. The molecular weight excluding hydrogens is 326 g/mol. The number of nitrogens with zero attached hydrogens (tertiary/aromatic N) is 2. The first-order valence-corrected chi connectivity index (χ1v) is 8.01. The molecule has 0 unspecified atom stereocenters. The highest BCUT2D eigenvalue weighted by atomic mass is 16.6. The summed E-state index contributed by atoms with van der Waals surface area (Å²) in [6, 6.07) is 7.41. The van der Waals surface area contributed by atoms with Gasteiger partial charge in [-0.3, -0.25) is 19.8 Å². The van der Waals surface area contributed by atoms with Crippen molar-refractivity contribution < 1.29 is 18.9 Å². The summed E-state index contributed by atoms with van der Waals surface area (Å²) in [7, 11) is 1.38. The van der Waals surface area contributed by atoms with Gasteiger partial charge in [0, 0.05) is 6.07 Å². The van der Waals surface area contributed by atoms with Crippen molar-refractivity contribution >= 4 is 17.3 Å². The Bertz CT molecular complexity index is 780. The number of nitro groups is 1. The first-order chi connectivity index (χ1) is 12.1. The lowest BCUT2D eigenvalue weighted by atomic mass is 10.2. The molecule has 1 N–H and O–H groups in total. The molecule has 1 aromatic heterocycles. The van der Waals surface area contributed by atoms with E-state index >= 15 is 0 Å². The summed E-state index contributed by atoms with van der Waals surface area (Å²) in [4.78, 5) is 24.9. The van der Waals surface area contributed by atoms with Gasteiger partial charge in [-0.05, 0) is 44.1 Å². The Kier molecular flexibility index (Phi) is 4.99. The van der Waals surface area contributed by atoms with Crippen LogP contribution in [-0.4, -0.2) is 35.9 Å². The first-order valence-electron chi connectivity index (χ1n) is 8.01. The maximum atomic E-state index is 12.3. The maximum Gasteiger partial charge on any atom is 0.291 e. The molecule has 0 saturated carbocycles. The van der Waals surface area contributed by atoms with Crippen LogP contribution in [0.25, 0.3) is 0 Å². The highest BCUT2D eigenvalue weighted by Gasteiger charge is 2.18. The molecular formula is C17H19N3O5. The third-order valence-electron chi connectivity index (χ3n) is 4.11. The second kappa shape index (κ2) is 7.35. The minimum absolute atomic E-state index is 0.110. The summed E-state index contributed by atoms with van der Waals surface area (Å²) in [6.07, 6.45) is 2.38. The summed E-state index contributed by atoms with van der Waals surface area (Å²) in [6.45, 7) is 2.78. The number of hydrogen-bond donors (Lipinski definition) is 1. The topological polar surface area (TPSA) is 97.8 Å². The Morgan fingerprint density at radius 1 is 1.32 bits per heavy atom. The number of carbonyl (C=O) groups is 1. The van der Waals surface area contributed by atoms with E-state index in [4.69, 9.17) is 9.15 Å². The number of amides is 1. The van der Waals surface area contributed by atoms with Crippen LogP contribution in [0.15, 0.2) is 34.7 Å². The number of ether oxygens (including phenoxy) is 1. The van der Waals surface area contributed by atoms with Gasteiger partial charge >= 0.3 is 0 Å². The van der Waals surface area contributed by atoms with Crippen molar-refractivity contribution in [2.75, 3.05) is 25.5 Å². The number of benzene rings is 1. The van der Waals surface area contributed by atoms with Gasteiger partial charge in [0.1, 0.15) is 11.5 Å². The van der Waals surface area contributed by atoms with E-state index in [0.717, 1.165) is 18.8 Å². The quantitative estimate of drug-likeness (QED) is 0.638. The molecule has 3 rings (SSSR count). The summed E-state index contributed by atoms with van der Waals surface area (Å²) in [5.41, 5.74) is 0.233. The SMILES string of the molecule is COc1cc([N+](=O)[O-])ccc1NC(=O)c1ccc(CN2CCCC2)o1. The van der Waals surface area contributed by atoms with Gasteiger partial charge in [-0.2, -0.15) is 0 Å². The van der Waals surface area contributed by atoms with E-state index in [2.05, 4.69) is 10.2 Å². The predicted molar refractivity (Wildman–Crippen MR) is 90.8 cm³/mol. The second-order valence-corrected chi connectivity index (χ2v) is 5.85. The number of hydrogen-bond acceptors (Lipinski definition) is 6. The molecule has 1 aliphatic heterocycles. The van der Waals surface area contributed by atoms with Crippen LogP contribution in [-0.2, 0) is 6.54 Å². The van der Waals surface area contributed by atoms with E-state index in [-0.39, 0.29) is 17.2 Å². The van der Waals surface area contributed by atoms with Crippen LogP contribution in [0.4, 0.5) is 11.4 Å². The third kappa shape index (κ3) is 3.97. The molecule has 1 saturated heterocycles. The van der Waals surface area contributed by atoms with Crippen molar-refractivity contribution in [1.82, 2.24) is 4.90 Å². The van der Waals surface area contributed by atoms with E-state index in [9.17, 15) is 14.9 Å². The average Bonchev–Trinajstić information content (AvgIpc) is 3.27. The highest BCUT2D eigenvalue weighted by molar-refractivity contribution is 6.03. The third-order valence-corrected chi connectivity index (χ3v) is 4.11. The number of carbonyl (C=O) groups excluding carboxylic acids is 1. The molecule has 1 fully saturated rings. The van der Waals surface area contributed by atoms with Gasteiger partial charge in [0.25, 0.3) is 11.6 Å². The van der Waals surface area contributed by atoms with E-state index in [1.54, 1.807) is 12.1 Å². The summed E-state index contributed by atoms with van der Waals surface area (Å²) < 4.78 is 10.7. The van der Waals surface area contributed by atoms with E-state index in [0.29, 0.717) is 12.2 Å². The number of non-ortho nitro benzene ring substituents is 1. The van der Waals surface area contributed by atoms with Crippen molar-refractivity contribution in [2.24, 2.45) is 0 Å². The molecule has 25 heavy (non-hydrogen) atoms. The standard InChI is InChI=1S/C17H19N3O5/c1-24-16-10-12(20(22)23)4-6-14(16)18-17(21)15-7-5-13(25-15)11-19-8-2-3-9-19/h4-7,10H,2-3,8-9,11H2,1H3,(H,18,21). The van der Waals surface area contributed by atoms with Crippen LogP contribution in [0, 0.1) is 10.1 Å². The van der Waals surface area contributed by atoms with Crippen LogP contribution in [0.5, 0.6) is 5.75 Å². The summed E-state index contributed by atoms with van der Waals surface area (Å²) in [5.74, 6) is 0.712. The van der Waals surface area contributed by atoms with Gasteiger partial charge in [0.15, 0.2) is 5.76 Å². The van der Waals surface area contributed by atoms with Crippen molar-refractivity contribution in [3.05, 3.63) is 52.0 Å². The fraction of sp³-hybridized carbons (Fsp3) is 0.353. The molecule has 0 radical (unpaired) electrons. The Balaban J connectivity index is 1.69. The Labute approximate surface area is 144 Å². The lowest BCUT2D eigenvalue weighted by molar-refractivity contribution is -0.384. The minimum Gasteiger partial charge on any atom is -0.494 e. The zero-order chi connectivity index (χ0) is 17.8. The number of rotatable bonds is 6. The van der Waals surface area contributed by atoms with Gasteiger partial charge in [0.2, 0.25) is 0 Å². The van der Waals surface area contributed by atoms with Gasteiger partial charge in [-0.25, -0.2) is 0 Å². The average molecular weight is 345 g/mol. The van der Waals surface area contributed by atoms with Gasteiger partial charge in [-0.15, -0.1) is 0 Å². The highest BCUT2D eigenvalue weighted by Crippen LogP contribution is 2.29. The van der Waals surface area contributed by atoms with Gasteiger partial charge in [-0.1, -0.05) is 0 Å². The second-order valence-electron chi connectivity index (χ2n) is 5.85. The van der Waals surface area contributed by atoms with Gasteiger partial charge in [0.05, 0.1) is 30.3 Å². The minimum atomic E-state index is -0.523. The van der Waals surface area contributed by atoms with Crippen molar-refractivity contribution in [2.45, 2.75) is 19.4 Å². The normalized spacial score (nSPS) is 14.4. The number of furan rings is 1. The number of nitro benzene ring substituents is 1. The lowest BCUT2D eigenvalue weighted by Crippen LogP contribution is -2.18. The number of likely N-dealkylation sites (tertiary alicyclic amines) is 1. The van der Waals surface area contributed by atoms with Crippen molar-refractivity contribution in [1.29, 1.82) is 0 Å². The molecule has 0 aliphatic carbocycles. The van der Waals surface area contributed by atoms with Crippen molar-refractivity contribution in [3.8, 4) is 5.75 Å².